The maximum absolute atomic E-state index is 2.60. The molecular formula is C48H42N2. The summed E-state index contributed by atoms with van der Waals surface area (Å²) in [7, 11) is 0. The molecule has 0 amide bonds. The molecule has 2 heteroatoms. The zero-order valence-electron chi connectivity index (χ0n) is 28.7. The molecule has 0 spiro atoms. The summed E-state index contributed by atoms with van der Waals surface area (Å²) in [6.07, 6.45) is 13.3. The van der Waals surface area contributed by atoms with Crippen molar-refractivity contribution in [1.82, 2.24) is 8.80 Å². The van der Waals surface area contributed by atoms with Crippen LogP contribution in [0.25, 0.3) is 76.9 Å². The molecule has 2 aliphatic rings. The first-order valence-corrected chi connectivity index (χ1v) is 19.2. The van der Waals surface area contributed by atoms with Crippen molar-refractivity contribution in [3.63, 3.8) is 0 Å². The van der Waals surface area contributed by atoms with Gasteiger partial charge in [0.1, 0.15) is 0 Å². The van der Waals surface area contributed by atoms with Gasteiger partial charge in [-0.2, -0.15) is 0 Å². The summed E-state index contributed by atoms with van der Waals surface area (Å²) in [5.74, 6) is 1.28. The van der Waals surface area contributed by atoms with E-state index in [0.29, 0.717) is 11.8 Å². The smallest absolute Gasteiger partial charge is 0.0789 e. The van der Waals surface area contributed by atoms with Crippen LogP contribution >= 0.6 is 0 Å². The third-order valence-corrected chi connectivity index (χ3v) is 12.7. The molecule has 2 saturated carbocycles. The van der Waals surface area contributed by atoms with Gasteiger partial charge in [0.2, 0.25) is 0 Å². The molecule has 0 atom stereocenters. The standard InChI is InChI=1S/C48H42N2/c1-3-15-31(16-4-1)33-19-7-9-21-35(33)37-27-29-43-47-45(37)39-23-11-13-25-41(39)49(47)44-30-28-38(46-40-24-12-14-26-42(40)50(43)48(44)46)36-22-10-8-20-34(36)32-17-5-2-6-18-32/h7-14,19-32H,1-6,15-18H2. The van der Waals surface area contributed by atoms with Gasteiger partial charge in [-0.05, 0) is 95.2 Å². The van der Waals surface area contributed by atoms with E-state index in [0.717, 1.165) is 0 Å². The first-order chi connectivity index (χ1) is 24.9. The lowest BCUT2D eigenvalue weighted by molar-refractivity contribution is 0.444. The van der Waals surface area contributed by atoms with E-state index in [1.165, 1.54) is 152 Å². The second-order valence-corrected chi connectivity index (χ2v) is 15.3. The van der Waals surface area contributed by atoms with Gasteiger partial charge in [-0.15, -0.1) is 0 Å². The highest BCUT2D eigenvalue weighted by Crippen LogP contribution is 2.49. The summed E-state index contributed by atoms with van der Waals surface area (Å²) in [5, 5.41) is 5.44. The topological polar surface area (TPSA) is 8.82 Å². The second kappa shape index (κ2) is 11.2. The van der Waals surface area contributed by atoms with Crippen LogP contribution in [0.4, 0.5) is 0 Å². The minimum Gasteiger partial charge on any atom is -0.305 e. The fourth-order valence-corrected chi connectivity index (χ4v) is 10.5. The molecule has 6 aromatic carbocycles. The first-order valence-electron chi connectivity index (χ1n) is 19.2. The van der Waals surface area contributed by atoms with Crippen LogP contribution in [0.1, 0.15) is 87.2 Å². The Morgan fingerprint density at radius 3 is 1.20 bits per heavy atom. The molecule has 9 aromatic rings. The molecule has 0 bridgehead atoms. The van der Waals surface area contributed by atoms with Gasteiger partial charge in [-0.1, -0.05) is 136 Å². The molecule has 0 N–H and O–H groups in total. The van der Waals surface area contributed by atoms with Crippen molar-refractivity contribution in [2.45, 2.75) is 76.0 Å². The average molecular weight is 647 g/mol. The monoisotopic (exact) mass is 646 g/mol. The predicted molar refractivity (Wildman–Crippen MR) is 212 cm³/mol. The Balaban J connectivity index is 1.27. The number of nitrogens with zero attached hydrogens (tertiary/aromatic N) is 2. The molecule has 2 aliphatic carbocycles. The number of aromatic nitrogens is 2. The van der Waals surface area contributed by atoms with Crippen molar-refractivity contribution in [2.24, 2.45) is 0 Å². The zero-order valence-corrected chi connectivity index (χ0v) is 28.7. The Morgan fingerprint density at radius 1 is 0.340 bits per heavy atom. The highest BCUT2D eigenvalue weighted by atomic mass is 15.0. The lowest BCUT2D eigenvalue weighted by Crippen LogP contribution is -2.06. The summed E-state index contributed by atoms with van der Waals surface area (Å²) in [6.45, 7) is 0. The van der Waals surface area contributed by atoms with Gasteiger partial charge in [-0.3, -0.25) is 0 Å². The third-order valence-electron chi connectivity index (χ3n) is 12.7. The van der Waals surface area contributed by atoms with Gasteiger partial charge in [0.05, 0.1) is 33.1 Å². The summed E-state index contributed by atoms with van der Waals surface area (Å²) in [6, 6.07) is 46.7. The molecule has 0 radical (unpaired) electrons. The van der Waals surface area contributed by atoms with E-state index in [9.17, 15) is 0 Å². The lowest BCUT2D eigenvalue weighted by atomic mass is 9.80. The van der Waals surface area contributed by atoms with Crippen LogP contribution in [-0.2, 0) is 0 Å². The van der Waals surface area contributed by atoms with Gasteiger partial charge >= 0.3 is 0 Å². The highest BCUT2D eigenvalue weighted by Gasteiger charge is 2.27. The van der Waals surface area contributed by atoms with Gasteiger partial charge in [0.25, 0.3) is 0 Å². The number of benzene rings is 6. The summed E-state index contributed by atoms with van der Waals surface area (Å²) in [4.78, 5) is 0. The molecule has 2 fully saturated rings. The van der Waals surface area contributed by atoms with Crippen LogP contribution in [-0.4, -0.2) is 8.80 Å². The second-order valence-electron chi connectivity index (χ2n) is 15.3. The van der Waals surface area contributed by atoms with Gasteiger partial charge in [-0.25, -0.2) is 0 Å². The lowest BCUT2D eigenvalue weighted by Gasteiger charge is -2.25. The molecule has 11 rings (SSSR count). The Bertz CT molecular complexity index is 2540. The summed E-state index contributed by atoms with van der Waals surface area (Å²) < 4.78 is 5.20. The normalized spacial score (nSPS) is 16.6. The van der Waals surface area contributed by atoms with Crippen molar-refractivity contribution < 1.29 is 0 Å². The minimum atomic E-state index is 0.639. The summed E-state index contributed by atoms with van der Waals surface area (Å²) >= 11 is 0. The molecular weight excluding hydrogens is 605 g/mol. The third kappa shape index (κ3) is 4.02. The van der Waals surface area contributed by atoms with Gasteiger partial charge in [0.15, 0.2) is 0 Å². The van der Waals surface area contributed by atoms with Crippen LogP contribution in [0.5, 0.6) is 0 Å². The van der Waals surface area contributed by atoms with Crippen molar-refractivity contribution in [3.8, 4) is 22.3 Å². The van der Waals surface area contributed by atoms with Gasteiger partial charge in [0, 0.05) is 21.5 Å². The maximum Gasteiger partial charge on any atom is 0.0789 e. The average Bonchev–Trinajstić information content (AvgIpc) is 3.73. The van der Waals surface area contributed by atoms with Crippen LogP contribution in [0, 0.1) is 0 Å². The molecule has 2 nitrogen and oxygen atoms in total. The van der Waals surface area contributed by atoms with Crippen molar-refractivity contribution in [2.75, 3.05) is 0 Å². The highest BCUT2D eigenvalue weighted by molar-refractivity contribution is 6.26. The number of para-hydroxylation sites is 2. The largest absolute Gasteiger partial charge is 0.305 e. The van der Waals surface area contributed by atoms with Crippen LogP contribution in [0.2, 0.25) is 0 Å². The Labute approximate surface area is 293 Å². The Kier molecular flexibility index (Phi) is 6.45. The molecule has 0 aliphatic heterocycles. The molecule has 0 unspecified atom stereocenters. The molecule has 244 valence electrons. The van der Waals surface area contributed by atoms with Crippen molar-refractivity contribution >= 4 is 54.6 Å². The Morgan fingerprint density at radius 2 is 0.740 bits per heavy atom. The van der Waals surface area contributed by atoms with E-state index in [1.54, 1.807) is 0 Å². The minimum absolute atomic E-state index is 0.639. The van der Waals surface area contributed by atoms with Crippen molar-refractivity contribution in [3.05, 3.63) is 132 Å². The fourth-order valence-electron chi connectivity index (χ4n) is 10.5. The molecule has 3 heterocycles. The summed E-state index contributed by atoms with van der Waals surface area (Å²) in [5.41, 5.74) is 16.4. The van der Waals surface area contributed by atoms with E-state index in [-0.39, 0.29) is 0 Å². The Hall–Kier alpha value is -5.08. The van der Waals surface area contributed by atoms with Crippen LogP contribution in [0.15, 0.2) is 121 Å². The van der Waals surface area contributed by atoms with Crippen molar-refractivity contribution in [1.29, 1.82) is 0 Å². The quantitative estimate of drug-likeness (QED) is 0.168. The zero-order chi connectivity index (χ0) is 32.8. The first kappa shape index (κ1) is 28.7. The predicted octanol–water partition coefficient (Wildman–Crippen LogP) is 13.7. The maximum atomic E-state index is 2.60. The van der Waals surface area contributed by atoms with Crippen LogP contribution < -0.4 is 0 Å². The molecule has 3 aromatic heterocycles. The van der Waals surface area contributed by atoms with Crippen LogP contribution in [0.3, 0.4) is 0 Å². The number of hydrogen-bond acceptors (Lipinski definition) is 0. The number of fused-ring (bicyclic) bond motifs is 8. The number of rotatable bonds is 4. The van der Waals surface area contributed by atoms with E-state index in [4.69, 9.17) is 0 Å². The SMILES string of the molecule is c1ccc(C2CCCCC2)c(-c2ccc3c4c2c2ccccc2n4c2ccc(-c4ccccc4C4CCCCC4)c4c5ccccc5n3c42)c1. The van der Waals surface area contributed by atoms with Gasteiger partial charge < -0.3 is 8.80 Å². The van der Waals surface area contributed by atoms with E-state index in [1.807, 2.05) is 0 Å². The van der Waals surface area contributed by atoms with E-state index < -0.39 is 0 Å². The van der Waals surface area contributed by atoms with E-state index >= 15 is 0 Å². The molecule has 0 saturated heterocycles. The molecule has 50 heavy (non-hydrogen) atoms. The van der Waals surface area contributed by atoms with E-state index in [2.05, 4.69) is 130 Å². The fraction of sp³-hybridized carbons (Fsp3) is 0.250. The number of hydrogen-bond donors (Lipinski definition) is 0.